The molecule has 1 heterocycles. The second kappa shape index (κ2) is 8.35. The number of methoxy groups -OCH3 is 1. The van der Waals surface area contributed by atoms with Crippen LogP contribution in [0.3, 0.4) is 0 Å². The summed E-state index contributed by atoms with van der Waals surface area (Å²) in [7, 11) is 1.69. The van der Waals surface area contributed by atoms with Gasteiger partial charge in [-0.3, -0.25) is 9.89 Å². The van der Waals surface area contributed by atoms with Gasteiger partial charge < -0.3 is 10.1 Å². The van der Waals surface area contributed by atoms with E-state index < -0.39 is 0 Å². The fraction of sp³-hybridized carbons (Fsp3) is 0.185. The Kier molecular flexibility index (Phi) is 5.23. The van der Waals surface area contributed by atoms with Crippen LogP contribution in [0.2, 0.25) is 0 Å². The summed E-state index contributed by atoms with van der Waals surface area (Å²) in [6.45, 7) is 1.99. The Morgan fingerprint density at radius 2 is 1.81 bits per heavy atom. The summed E-state index contributed by atoms with van der Waals surface area (Å²) in [5.41, 5.74) is 8.42. The van der Waals surface area contributed by atoms with Crippen LogP contribution in [-0.4, -0.2) is 23.2 Å². The summed E-state index contributed by atoms with van der Waals surface area (Å²) in [6, 6.07) is 23.8. The molecule has 0 unspecified atom stereocenters. The molecule has 2 N–H and O–H groups in total. The van der Waals surface area contributed by atoms with Crippen molar-refractivity contribution in [2.45, 2.75) is 25.8 Å². The van der Waals surface area contributed by atoms with Crippen LogP contribution < -0.4 is 10.1 Å². The normalized spacial score (nSPS) is 13.1. The van der Waals surface area contributed by atoms with E-state index in [4.69, 9.17) is 4.74 Å². The van der Waals surface area contributed by atoms with Gasteiger partial charge in [0.05, 0.1) is 24.5 Å². The molecule has 0 bridgehead atoms. The smallest absolute Gasteiger partial charge is 0.251 e. The Hall–Kier alpha value is -3.86. The lowest BCUT2D eigenvalue weighted by Gasteiger charge is -2.17. The highest BCUT2D eigenvalue weighted by Gasteiger charge is 2.23. The quantitative estimate of drug-likeness (QED) is 0.455. The van der Waals surface area contributed by atoms with Crippen molar-refractivity contribution < 1.29 is 9.53 Å². The Morgan fingerprint density at radius 3 is 2.56 bits per heavy atom. The van der Waals surface area contributed by atoms with E-state index in [9.17, 15) is 4.79 Å². The Balaban J connectivity index is 1.36. The Labute approximate surface area is 187 Å². The molecule has 1 amide bonds. The minimum Gasteiger partial charge on any atom is -0.497 e. The third-order valence-corrected chi connectivity index (χ3v) is 6.16. The lowest BCUT2D eigenvalue weighted by atomic mass is 9.87. The molecule has 1 aromatic heterocycles. The molecule has 0 aliphatic heterocycles. The van der Waals surface area contributed by atoms with E-state index in [-0.39, 0.29) is 11.9 Å². The first kappa shape index (κ1) is 20.1. The molecule has 32 heavy (non-hydrogen) atoms. The number of benzene rings is 3. The number of rotatable bonds is 5. The average molecular weight is 424 g/mol. The minimum absolute atomic E-state index is 0.0552. The first-order valence-corrected chi connectivity index (χ1v) is 10.8. The van der Waals surface area contributed by atoms with Crippen molar-refractivity contribution in [1.82, 2.24) is 15.5 Å². The maximum atomic E-state index is 12.7. The number of fused-ring (bicyclic) bond motifs is 3. The summed E-state index contributed by atoms with van der Waals surface area (Å²) in [5.74, 6) is 0.794. The largest absolute Gasteiger partial charge is 0.497 e. The zero-order valence-corrected chi connectivity index (χ0v) is 18.2. The number of carbonyl (C=O) groups excluding carboxylic acids is 1. The molecular formula is C27H25N3O2. The minimum atomic E-state index is -0.0835. The van der Waals surface area contributed by atoms with Crippen LogP contribution >= 0.6 is 0 Å². The van der Waals surface area contributed by atoms with E-state index in [1.807, 2.05) is 67.6 Å². The van der Waals surface area contributed by atoms with E-state index in [0.717, 1.165) is 41.1 Å². The molecule has 1 aliphatic rings. The third-order valence-electron chi connectivity index (χ3n) is 6.16. The zero-order valence-electron chi connectivity index (χ0n) is 18.2. The highest BCUT2D eigenvalue weighted by molar-refractivity contribution is 5.95. The van der Waals surface area contributed by atoms with Crippen LogP contribution in [-0.2, 0) is 12.8 Å². The van der Waals surface area contributed by atoms with Gasteiger partial charge in [-0.05, 0) is 61.2 Å². The van der Waals surface area contributed by atoms with E-state index >= 15 is 0 Å². The van der Waals surface area contributed by atoms with Gasteiger partial charge in [-0.2, -0.15) is 5.10 Å². The summed E-state index contributed by atoms with van der Waals surface area (Å²) in [5, 5.41) is 10.9. The van der Waals surface area contributed by atoms with Crippen molar-refractivity contribution in [3.63, 3.8) is 0 Å². The molecular weight excluding hydrogens is 398 g/mol. The number of aromatic amines is 1. The van der Waals surface area contributed by atoms with Gasteiger partial charge in [-0.15, -0.1) is 0 Å². The van der Waals surface area contributed by atoms with E-state index in [1.54, 1.807) is 7.11 Å². The van der Waals surface area contributed by atoms with Gasteiger partial charge in [-0.25, -0.2) is 0 Å². The predicted octanol–water partition coefficient (Wildman–Crippen LogP) is 5.34. The lowest BCUT2D eigenvalue weighted by molar-refractivity contribution is 0.0940. The van der Waals surface area contributed by atoms with E-state index in [0.29, 0.717) is 5.56 Å². The highest BCUT2D eigenvalue weighted by atomic mass is 16.5. The Bertz CT molecular complexity index is 1260. The maximum absolute atomic E-state index is 12.7. The molecule has 0 spiro atoms. The lowest BCUT2D eigenvalue weighted by Crippen LogP contribution is -2.26. The number of nitrogens with one attached hydrogen (secondary N) is 2. The molecule has 1 aliphatic carbocycles. The zero-order chi connectivity index (χ0) is 22.1. The van der Waals surface area contributed by atoms with Crippen molar-refractivity contribution >= 4 is 5.91 Å². The maximum Gasteiger partial charge on any atom is 0.251 e. The number of nitrogens with zero attached hydrogens (tertiary/aromatic N) is 1. The van der Waals surface area contributed by atoms with Gasteiger partial charge in [0.15, 0.2) is 0 Å². The highest BCUT2D eigenvalue weighted by Crippen LogP contribution is 2.38. The van der Waals surface area contributed by atoms with E-state index in [2.05, 4.69) is 27.6 Å². The standard InChI is InChI=1S/C27H25N3O2/c1-17(18-6-4-3-5-7-18)28-27(31)20-10-8-19(9-11-20)25-24-14-12-21-16-22(32-2)13-15-23(21)26(24)30-29-25/h3-11,13,15-17H,12,14H2,1-2H3,(H,28,31)(H,29,30)/t17-/m0/s1. The van der Waals surface area contributed by atoms with Crippen LogP contribution in [0.4, 0.5) is 0 Å². The van der Waals surface area contributed by atoms with Crippen LogP contribution in [0.25, 0.3) is 22.5 Å². The fourth-order valence-corrected chi connectivity index (χ4v) is 4.36. The average Bonchev–Trinajstić information content (AvgIpc) is 3.29. The summed E-state index contributed by atoms with van der Waals surface area (Å²) in [4.78, 5) is 12.7. The molecule has 0 saturated carbocycles. The molecule has 0 fully saturated rings. The molecule has 1 atom stereocenters. The topological polar surface area (TPSA) is 67.0 Å². The molecule has 0 radical (unpaired) electrons. The van der Waals surface area contributed by atoms with Crippen molar-refractivity contribution in [3.8, 4) is 28.3 Å². The monoisotopic (exact) mass is 423 g/mol. The van der Waals surface area contributed by atoms with Crippen LogP contribution in [0.1, 0.15) is 40.0 Å². The van der Waals surface area contributed by atoms with Gasteiger partial charge in [0.1, 0.15) is 5.75 Å². The summed E-state index contributed by atoms with van der Waals surface area (Å²) in [6.07, 6.45) is 1.86. The second-order valence-corrected chi connectivity index (χ2v) is 8.13. The first-order chi connectivity index (χ1) is 15.6. The Morgan fingerprint density at radius 1 is 1.03 bits per heavy atom. The molecule has 5 nitrogen and oxygen atoms in total. The fourth-order valence-electron chi connectivity index (χ4n) is 4.36. The molecule has 3 aromatic carbocycles. The number of hydrogen-bond acceptors (Lipinski definition) is 3. The number of aromatic nitrogens is 2. The third kappa shape index (κ3) is 3.66. The van der Waals surface area contributed by atoms with Crippen molar-refractivity contribution in [2.75, 3.05) is 7.11 Å². The van der Waals surface area contributed by atoms with Gasteiger partial charge >= 0.3 is 0 Å². The van der Waals surface area contributed by atoms with Crippen LogP contribution in [0.15, 0.2) is 72.8 Å². The number of H-pyrrole nitrogens is 1. The van der Waals surface area contributed by atoms with Gasteiger partial charge in [0, 0.05) is 22.3 Å². The van der Waals surface area contributed by atoms with Crippen LogP contribution in [0.5, 0.6) is 5.75 Å². The van der Waals surface area contributed by atoms with Crippen molar-refractivity contribution in [1.29, 1.82) is 0 Å². The summed E-state index contributed by atoms with van der Waals surface area (Å²) >= 11 is 0. The summed E-state index contributed by atoms with van der Waals surface area (Å²) < 4.78 is 5.36. The van der Waals surface area contributed by atoms with Gasteiger partial charge in [0.2, 0.25) is 0 Å². The molecule has 5 rings (SSSR count). The first-order valence-electron chi connectivity index (χ1n) is 10.8. The van der Waals surface area contributed by atoms with Gasteiger partial charge in [-0.1, -0.05) is 42.5 Å². The van der Waals surface area contributed by atoms with Crippen molar-refractivity contribution in [3.05, 3.63) is 95.1 Å². The van der Waals surface area contributed by atoms with Crippen LogP contribution in [0, 0.1) is 0 Å². The molecule has 160 valence electrons. The number of aryl methyl sites for hydroxylation is 1. The SMILES string of the molecule is COc1ccc2c(c1)CCc1c(-c3ccc(C(=O)N[C@@H](C)c4ccccc4)cc3)n[nH]c1-2. The molecule has 5 heteroatoms. The van der Waals surface area contributed by atoms with Crippen molar-refractivity contribution in [2.24, 2.45) is 0 Å². The second-order valence-electron chi connectivity index (χ2n) is 8.13. The number of ether oxygens (including phenoxy) is 1. The molecule has 4 aromatic rings. The molecule has 0 saturated heterocycles. The van der Waals surface area contributed by atoms with E-state index in [1.165, 1.54) is 16.7 Å². The number of hydrogen-bond donors (Lipinski definition) is 2. The van der Waals surface area contributed by atoms with Gasteiger partial charge in [0.25, 0.3) is 5.91 Å². The number of amides is 1. The number of carbonyl (C=O) groups is 1. The predicted molar refractivity (Wildman–Crippen MR) is 126 cm³/mol.